The van der Waals surface area contributed by atoms with Gasteiger partial charge in [0.05, 0.1) is 34.2 Å². The maximum absolute atomic E-state index is 14.8. The van der Waals surface area contributed by atoms with E-state index in [2.05, 4.69) is 25.1 Å². The van der Waals surface area contributed by atoms with Crippen LogP contribution in [0.5, 0.6) is 0 Å². The van der Waals surface area contributed by atoms with Gasteiger partial charge in [0.15, 0.2) is 5.13 Å². The van der Waals surface area contributed by atoms with Crippen LogP contribution < -0.4 is 10.2 Å². The summed E-state index contributed by atoms with van der Waals surface area (Å²) in [6.07, 6.45) is 6.08. The Bertz CT molecular complexity index is 1410. The molecule has 0 spiro atoms. The fourth-order valence-electron chi connectivity index (χ4n) is 6.29. The lowest BCUT2D eigenvalue weighted by molar-refractivity contribution is -0.158. The van der Waals surface area contributed by atoms with Crippen LogP contribution in [0.4, 0.5) is 24.0 Å². The lowest BCUT2D eigenvalue weighted by atomic mass is 9.65. The van der Waals surface area contributed by atoms with Crippen LogP contribution in [0.2, 0.25) is 0 Å². The summed E-state index contributed by atoms with van der Waals surface area (Å²) in [5.41, 5.74) is 0.0843. The summed E-state index contributed by atoms with van der Waals surface area (Å²) in [4.78, 5) is 28.5. The van der Waals surface area contributed by atoms with E-state index < -0.39 is 35.0 Å². The molecule has 0 radical (unpaired) electrons. The van der Waals surface area contributed by atoms with Gasteiger partial charge >= 0.3 is 5.97 Å². The van der Waals surface area contributed by atoms with E-state index in [0.29, 0.717) is 28.1 Å². The number of nitrogens with zero attached hydrogens (tertiary/aromatic N) is 5. The van der Waals surface area contributed by atoms with E-state index in [-0.39, 0.29) is 11.4 Å². The van der Waals surface area contributed by atoms with E-state index in [1.54, 1.807) is 6.92 Å². The smallest absolute Gasteiger partial charge is 0.309 e. The maximum Gasteiger partial charge on any atom is 0.309 e. The highest BCUT2D eigenvalue weighted by atomic mass is 32.1. The number of carboxylic acid groups (broad SMARTS) is 1. The molecule has 1 aliphatic carbocycles. The highest BCUT2D eigenvalue weighted by Crippen LogP contribution is 2.46. The van der Waals surface area contributed by atoms with Crippen molar-refractivity contribution in [3.63, 3.8) is 0 Å². The Morgan fingerprint density at radius 3 is 2.67 bits per heavy atom. The number of carboxylic acids is 1. The first-order chi connectivity index (χ1) is 18.6. The summed E-state index contributed by atoms with van der Waals surface area (Å²) in [6.45, 7) is 7.26. The molecule has 2 atom stereocenters. The lowest BCUT2D eigenvalue weighted by Crippen LogP contribution is -2.58. The van der Waals surface area contributed by atoms with Gasteiger partial charge in [-0.05, 0) is 57.9 Å². The summed E-state index contributed by atoms with van der Waals surface area (Å²) in [7, 11) is 0. The van der Waals surface area contributed by atoms with Crippen molar-refractivity contribution in [1.29, 1.82) is 0 Å². The standard InChI is InChI=1S/C27H31F3N6O2S/c1-14(21-19(29)6-17(28)9-31-21)33-22-23-20(10-32-24(22)30)34-26(39-23)36-12-16(13-36)15-4-3-5-35(11-15)18-7-27(2,8-18)25(37)38/h6,9-10,14-16,18,33H,3-5,7-8,11-13H2,1-2H3,(H,37,38)/t14-,15+,18?,27?/m1/s1. The quantitative estimate of drug-likeness (QED) is 0.387. The molecule has 0 aromatic carbocycles. The molecule has 3 aromatic heterocycles. The van der Waals surface area contributed by atoms with Gasteiger partial charge < -0.3 is 20.2 Å². The van der Waals surface area contributed by atoms with E-state index in [1.807, 2.05) is 6.92 Å². The third-order valence-electron chi connectivity index (χ3n) is 8.72. The molecule has 12 heteroatoms. The number of likely N-dealkylation sites (tertiary alicyclic amines) is 1. The molecule has 8 nitrogen and oxygen atoms in total. The molecule has 2 saturated heterocycles. The molecule has 2 N–H and O–H groups in total. The highest BCUT2D eigenvalue weighted by Gasteiger charge is 2.49. The Labute approximate surface area is 228 Å². The SMILES string of the molecule is C[C@@H](Nc1c(F)ncc2nc(N3CC([C@H]4CCCN(C5CC(C)(C(=O)O)C5)C4)C3)sc12)c1ncc(F)cc1F. The van der Waals surface area contributed by atoms with Gasteiger partial charge in [0.1, 0.15) is 22.8 Å². The van der Waals surface area contributed by atoms with Crippen LogP contribution >= 0.6 is 11.3 Å². The number of rotatable bonds is 7. The number of halogens is 3. The first kappa shape index (κ1) is 26.2. The molecule has 3 aromatic rings. The Morgan fingerprint density at radius 1 is 1.18 bits per heavy atom. The van der Waals surface area contributed by atoms with Crippen LogP contribution in [0, 0.1) is 34.8 Å². The van der Waals surface area contributed by atoms with Crippen LogP contribution in [0.1, 0.15) is 51.3 Å². The molecule has 0 amide bonds. The van der Waals surface area contributed by atoms with Crippen LogP contribution in [-0.4, -0.2) is 63.1 Å². The second kappa shape index (κ2) is 9.88. The molecule has 5 heterocycles. The first-order valence-corrected chi connectivity index (χ1v) is 14.2. The predicted molar refractivity (Wildman–Crippen MR) is 142 cm³/mol. The number of anilines is 2. The first-order valence-electron chi connectivity index (χ1n) is 13.4. The van der Waals surface area contributed by atoms with Gasteiger partial charge in [-0.2, -0.15) is 4.39 Å². The summed E-state index contributed by atoms with van der Waals surface area (Å²) < 4.78 is 42.9. The van der Waals surface area contributed by atoms with Gasteiger partial charge in [0, 0.05) is 31.7 Å². The maximum atomic E-state index is 14.8. The largest absolute Gasteiger partial charge is 0.481 e. The van der Waals surface area contributed by atoms with Gasteiger partial charge in [-0.15, -0.1) is 0 Å². The minimum Gasteiger partial charge on any atom is -0.481 e. The van der Waals surface area contributed by atoms with Gasteiger partial charge in [0.25, 0.3) is 0 Å². The third-order valence-corrected chi connectivity index (χ3v) is 9.87. The van der Waals surface area contributed by atoms with E-state index >= 15 is 0 Å². The number of fused-ring (bicyclic) bond motifs is 1. The number of pyridine rings is 2. The zero-order valence-corrected chi connectivity index (χ0v) is 22.6. The third kappa shape index (κ3) is 4.82. The van der Waals surface area contributed by atoms with Crippen molar-refractivity contribution in [2.75, 3.05) is 36.4 Å². The van der Waals surface area contributed by atoms with Crippen molar-refractivity contribution in [2.24, 2.45) is 17.3 Å². The van der Waals surface area contributed by atoms with Crippen molar-refractivity contribution < 1.29 is 23.1 Å². The minimum absolute atomic E-state index is 0.0147. The molecule has 3 fully saturated rings. The monoisotopic (exact) mass is 560 g/mol. The number of hydrogen-bond donors (Lipinski definition) is 2. The zero-order valence-electron chi connectivity index (χ0n) is 21.8. The van der Waals surface area contributed by atoms with Gasteiger partial charge in [-0.25, -0.2) is 18.7 Å². The van der Waals surface area contributed by atoms with E-state index in [4.69, 9.17) is 4.98 Å². The van der Waals surface area contributed by atoms with Crippen molar-refractivity contribution in [2.45, 2.75) is 51.6 Å². The highest BCUT2D eigenvalue weighted by molar-refractivity contribution is 7.22. The molecule has 0 unspecified atom stereocenters. The summed E-state index contributed by atoms with van der Waals surface area (Å²) >= 11 is 1.37. The Hall–Kier alpha value is -2.99. The normalized spacial score (nSPS) is 26.7. The van der Waals surface area contributed by atoms with E-state index in [0.717, 1.165) is 62.8 Å². The number of carbonyl (C=O) groups is 1. The van der Waals surface area contributed by atoms with Crippen molar-refractivity contribution in [1.82, 2.24) is 19.9 Å². The summed E-state index contributed by atoms with van der Waals surface area (Å²) in [5.74, 6) is -1.89. The molecule has 0 bridgehead atoms. The van der Waals surface area contributed by atoms with Crippen LogP contribution in [0.15, 0.2) is 18.5 Å². The second-order valence-corrected chi connectivity index (χ2v) is 12.5. The zero-order chi connectivity index (χ0) is 27.5. The number of hydrogen-bond acceptors (Lipinski definition) is 8. The fourth-order valence-corrected chi connectivity index (χ4v) is 7.34. The molecule has 1 saturated carbocycles. The topological polar surface area (TPSA) is 94.5 Å². The average molecular weight is 561 g/mol. The van der Waals surface area contributed by atoms with E-state index in [1.165, 1.54) is 24.0 Å². The Balaban J connectivity index is 1.11. The molecular formula is C27H31F3N6O2S. The number of piperidine rings is 1. The average Bonchev–Trinajstić information content (AvgIpc) is 3.27. The van der Waals surface area contributed by atoms with Crippen LogP contribution in [0.3, 0.4) is 0 Å². The van der Waals surface area contributed by atoms with Crippen LogP contribution in [-0.2, 0) is 4.79 Å². The molecule has 6 rings (SSSR count). The van der Waals surface area contributed by atoms with Gasteiger partial charge in [-0.1, -0.05) is 11.3 Å². The number of aliphatic carboxylic acids is 1. The Morgan fingerprint density at radius 2 is 1.95 bits per heavy atom. The Kier molecular flexibility index (Phi) is 6.65. The lowest BCUT2D eigenvalue weighted by Gasteiger charge is -2.52. The van der Waals surface area contributed by atoms with Gasteiger partial charge in [-0.3, -0.25) is 9.78 Å². The number of aromatic nitrogens is 3. The molecule has 2 aliphatic heterocycles. The van der Waals surface area contributed by atoms with Crippen molar-refractivity contribution in [3.05, 3.63) is 41.7 Å². The van der Waals surface area contributed by atoms with Crippen LogP contribution in [0.25, 0.3) is 10.2 Å². The predicted octanol–water partition coefficient (Wildman–Crippen LogP) is 5.08. The molecule has 3 aliphatic rings. The molecular weight excluding hydrogens is 529 g/mol. The molecule has 39 heavy (non-hydrogen) atoms. The van der Waals surface area contributed by atoms with Gasteiger partial charge in [0.2, 0.25) is 5.95 Å². The number of nitrogens with one attached hydrogen (secondary N) is 1. The molecule has 208 valence electrons. The van der Waals surface area contributed by atoms with E-state index in [9.17, 15) is 23.1 Å². The fraction of sp³-hybridized carbons (Fsp3) is 0.556. The number of thiazole rings is 1. The van der Waals surface area contributed by atoms with Crippen molar-refractivity contribution >= 4 is 38.3 Å². The minimum atomic E-state index is -0.804. The summed E-state index contributed by atoms with van der Waals surface area (Å²) in [5, 5.41) is 13.2. The second-order valence-electron chi connectivity index (χ2n) is 11.5. The van der Waals surface area contributed by atoms with Crippen molar-refractivity contribution in [3.8, 4) is 0 Å². The summed E-state index contributed by atoms with van der Waals surface area (Å²) in [6, 6.07) is 0.402.